The van der Waals surface area contributed by atoms with Gasteiger partial charge in [-0.15, -0.1) is 0 Å². The molecule has 0 aliphatic carbocycles. The molecule has 0 spiro atoms. The lowest BCUT2D eigenvalue weighted by Gasteiger charge is -1.97. The van der Waals surface area contributed by atoms with E-state index in [0.717, 1.165) is 0 Å². The largest absolute Gasteiger partial charge is 0.434 e. The van der Waals surface area contributed by atoms with Gasteiger partial charge in [-0.05, 0) is 22.0 Å². The highest BCUT2D eigenvalue weighted by Gasteiger charge is 2.01. The van der Waals surface area contributed by atoms with Gasteiger partial charge in [-0.25, -0.2) is 4.79 Å². The Bertz CT molecular complexity index is 259. The van der Waals surface area contributed by atoms with Crippen LogP contribution in [0.25, 0.3) is 0 Å². The molecule has 1 aromatic rings. The average molecular weight is 219 g/mol. The first-order chi connectivity index (χ1) is 5.22. The molecular formula is C6H7BrN2O2. The maximum atomic E-state index is 10.7. The molecule has 0 aliphatic rings. The Morgan fingerprint density at radius 3 is 2.82 bits per heavy atom. The Morgan fingerprint density at radius 1 is 1.64 bits per heavy atom. The van der Waals surface area contributed by atoms with Gasteiger partial charge in [0.2, 0.25) is 5.88 Å². The molecule has 0 aromatic carbocycles. The van der Waals surface area contributed by atoms with Crippen LogP contribution in [-0.4, -0.2) is 13.1 Å². The minimum Gasteiger partial charge on any atom is -0.434 e. The van der Waals surface area contributed by atoms with Crippen LogP contribution in [0.3, 0.4) is 0 Å². The second-order valence-corrected chi connectivity index (χ2v) is 2.59. The Hall–Kier alpha value is -0.970. The number of rotatable bonds is 1. The summed E-state index contributed by atoms with van der Waals surface area (Å²) in [4.78, 5) is 10.7. The summed E-state index contributed by atoms with van der Waals surface area (Å²) >= 11 is 3.11. The first kappa shape index (κ1) is 8.13. The van der Waals surface area contributed by atoms with E-state index in [-0.39, 0.29) is 6.03 Å². The van der Waals surface area contributed by atoms with Crippen molar-refractivity contribution in [3.8, 4) is 0 Å². The molecule has 2 N–H and O–H groups in total. The van der Waals surface area contributed by atoms with Gasteiger partial charge < -0.3 is 9.73 Å². The number of carbonyl (C=O) groups is 1. The Labute approximate surface area is 72.1 Å². The first-order valence-corrected chi connectivity index (χ1v) is 3.76. The van der Waals surface area contributed by atoms with Crippen molar-refractivity contribution >= 4 is 27.8 Å². The third-order valence-electron chi connectivity index (χ3n) is 1.04. The van der Waals surface area contributed by atoms with Crippen LogP contribution in [0, 0.1) is 0 Å². The molecule has 0 radical (unpaired) electrons. The van der Waals surface area contributed by atoms with Gasteiger partial charge in [-0.2, -0.15) is 0 Å². The number of halogens is 1. The normalized spacial score (nSPS) is 9.27. The molecular weight excluding hydrogens is 212 g/mol. The molecule has 2 amide bonds. The molecule has 0 aliphatic heterocycles. The first-order valence-electron chi connectivity index (χ1n) is 2.96. The molecule has 4 nitrogen and oxygen atoms in total. The second-order valence-electron chi connectivity index (χ2n) is 1.81. The van der Waals surface area contributed by atoms with Crippen LogP contribution in [0.4, 0.5) is 10.7 Å². The van der Waals surface area contributed by atoms with Crippen LogP contribution in [-0.2, 0) is 0 Å². The summed E-state index contributed by atoms with van der Waals surface area (Å²) in [6, 6.07) is 3.05. The van der Waals surface area contributed by atoms with Gasteiger partial charge in [0.05, 0.1) is 0 Å². The Balaban J connectivity index is 2.57. The van der Waals surface area contributed by atoms with Gasteiger partial charge in [-0.1, -0.05) is 0 Å². The average Bonchev–Trinajstić information content (AvgIpc) is 2.35. The molecule has 1 aromatic heterocycles. The number of anilines is 1. The van der Waals surface area contributed by atoms with Crippen molar-refractivity contribution in [2.75, 3.05) is 12.4 Å². The summed E-state index contributed by atoms with van der Waals surface area (Å²) in [6.45, 7) is 0. The maximum Gasteiger partial charge on any atom is 0.321 e. The van der Waals surface area contributed by atoms with Crippen molar-refractivity contribution in [2.45, 2.75) is 0 Å². The zero-order valence-corrected chi connectivity index (χ0v) is 7.44. The Morgan fingerprint density at radius 2 is 2.36 bits per heavy atom. The molecule has 0 bridgehead atoms. The predicted molar refractivity (Wildman–Crippen MR) is 44.5 cm³/mol. The molecule has 5 heteroatoms. The minimum atomic E-state index is -0.299. The van der Waals surface area contributed by atoms with E-state index in [4.69, 9.17) is 4.42 Å². The van der Waals surface area contributed by atoms with Crippen LogP contribution in [0.15, 0.2) is 21.2 Å². The SMILES string of the molecule is CNC(=O)Nc1ccc(Br)o1. The number of amides is 2. The van der Waals surface area contributed by atoms with Crippen molar-refractivity contribution in [1.82, 2.24) is 5.32 Å². The lowest BCUT2D eigenvalue weighted by atomic mass is 10.6. The van der Waals surface area contributed by atoms with Gasteiger partial charge >= 0.3 is 6.03 Å². The molecule has 1 rings (SSSR count). The minimum absolute atomic E-state index is 0.299. The fourth-order valence-corrected chi connectivity index (χ4v) is 0.862. The van der Waals surface area contributed by atoms with Crippen LogP contribution in [0.2, 0.25) is 0 Å². The molecule has 60 valence electrons. The highest BCUT2D eigenvalue weighted by molar-refractivity contribution is 9.10. The predicted octanol–water partition coefficient (Wildman–Crippen LogP) is 1.79. The summed E-state index contributed by atoms with van der Waals surface area (Å²) in [5.41, 5.74) is 0. The summed E-state index contributed by atoms with van der Waals surface area (Å²) < 4.78 is 5.59. The second kappa shape index (κ2) is 3.43. The molecule has 0 fully saturated rings. The molecule has 0 unspecified atom stereocenters. The number of hydrogen-bond donors (Lipinski definition) is 2. The fourth-order valence-electron chi connectivity index (χ4n) is 0.556. The summed E-state index contributed by atoms with van der Waals surface area (Å²) in [6.07, 6.45) is 0. The molecule has 1 heterocycles. The van der Waals surface area contributed by atoms with Gasteiger partial charge in [-0.3, -0.25) is 5.32 Å². The highest BCUT2D eigenvalue weighted by atomic mass is 79.9. The third-order valence-corrected chi connectivity index (χ3v) is 1.46. The van der Waals surface area contributed by atoms with Crippen LogP contribution in [0.5, 0.6) is 0 Å². The molecule has 11 heavy (non-hydrogen) atoms. The van der Waals surface area contributed by atoms with E-state index in [1.54, 1.807) is 12.1 Å². The molecule has 0 saturated carbocycles. The monoisotopic (exact) mass is 218 g/mol. The third kappa shape index (κ3) is 2.27. The van der Waals surface area contributed by atoms with Crippen molar-refractivity contribution in [2.24, 2.45) is 0 Å². The number of nitrogens with one attached hydrogen (secondary N) is 2. The van der Waals surface area contributed by atoms with Gasteiger partial charge in [0.1, 0.15) is 0 Å². The zero-order valence-electron chi connectivity index (χ0n) is 5.85. The van der Waals surface area contributed by atoms with Gasteiger partial charge in [0.15, 0.2) is 4.67 Å². The van der Waals surface area contributed by atoms with Crippen LogP contribution >= 0.6 is 15.9 Å². The number of urea groups is 1. The molecule has 0 atom stereocenters. The summed E-state index contributed by atoms with van der Waals surface area (Å²) in [5.74, 6) is 0.413. The van der Waals surface area contributed by atoms with E-state index in [2.05, 4.69) is 26.6 Å². The Kier molecular flexibility index (Phi) is 2.53. The highest BCUT2D eigenvalue weighted by Crippen LogP contribution is 2.17. The fraction of sp³-hybridized carbons (Fsp3) is 0.167. The zero-order chi connectivity index (χ0) is 8.27. The van der Waals surface area contributed by atoms with Crippen molar-refractivity contribution in [3.63, 3.8) is 0 Å². The summed E-state index contributed by atoms with van der Waals surface area (Å²) in [5, 5.41) is 4.86. The lowest BCUT2D eigenvalue weighted by Crippen LogP contribution is -2.24. The summed E-state index contributed by atoms with van der Waals surface area (Å²) in [7, 11) is 1.54. The van der Waals surface area contributed by atoms with Crippen LogP contribution in [0.1, 0.15) is 0 Å². The topological polar surface area (TPSA) is 54.3 Å². The lowest BCUT2D eigenvalue weighted by molar-refractivity contribution is 0.253. The number of carbonyl (C=O) groups excluding carboxylic acids is 1. The van der Waals surface area contributed by atoms with Gasteiger partial charge in [0, 0.05) is 13.1 Å². The van der Waals surface area contributed by atoms with E-state index in [1.807, 2.05) is 0 Å². The van der Waals surface area contributed by atoms with E-state index >= 15 is 0 Å². The number of hydrogen-bond acceptors (Lipinski definition) is 2. The number of furan rings is 1. The van der Waals surface area contributed by atoms with Gasteiger partial charge in [0.25, 0.3) is 0 Å². The smallest absolute Gasteiger partial charge is 0.321 e. The van der Waals surface area contributed by atoms with E-state index in [0.29, 0.717) is 10.6 Å². The standard InChI is InChI=1S/C6H7BrN2O2/c1-8-6(10)9-5-3-2-4(7)11-5/h2-3H,1H3,(H2,8,9,10). The van der Waals surface area contributed by atoms with Crippen LogP contribution < -0.4 is 10.6 Å². The van der Waals surface area contributed by atoms with Crippen molar-refractivity contribution in [3.05, 3.63) is 16.8 Å². The molecule has 0 saturated heterocycles. The van der Waals surface area contributed by atoms with Crippen molar-refractivity contribution in [1.29, 1.82) is 0 Å². The quantitative estimate of drug-likeness (QED) is 0.756. The van der Waals surface area contributed by atoms with E-state index < -0.39 is 0 Å². The van der Waals surface area contributed by atoms with Crippen molar-refractivity contribution < 1.29 is 9.21 Å². The van der Waals surface area contributed by atoms with E-state index in [1.165, 1.54) is 7.05 Å². The van der Waals surface area contributed by atoms with E-state index in [9.17, 15) is 4.79 Å². The maximum absolute atomic E-state index is 10.7.